The van der Waals surface area contributed by atoms with Crippen LogP contribution in [-0.2, 0) is 19.4 Å². The van der Waals surface area contributed by atoms with Gasteiger partial charge in [-0.2, -0.15) is 0 Å². The molecule has 7 aromatic carbocycles. The molecular formula is C55H38N6OPt-2. The summed E-state index contributed by atoms with van der Waals surface area (Å²) in [4.78, 5) is 11.4. The zero-order valence-corrected chi connectivity index (χ0v) is 36.7. The van der Waals surface area contributed by atoms with E-state index in [-0.39, 0.29) is 0 Å². The van der Waals surface area contributed by atoms with Crippen LogP contribution >= 0.6 is 0 Å². The predicted molar refractivity (Wildman–Crippen MR) is 251 cm³/mol. The molecule has 0 radical (unpaired) electrons. The van der Waals surface area contributed by atoms with Crippen LogP contribution < -0.4 is 9.64 Å². The summed E-state index contributed by atoms with van der Waals surface area (Å²) >= 11 is 2.47. The van der Waals surface area contributed by atoms with E-state index in [0.717, 1.165) is 92.9 Å². The second-order valence-electron chi connectivity index (χ2n) is 15.5. The molecule has 0 spiro atoms. The maximum atomic E-state index is 6.69. The summed E-state index contributed by atoms with van der Waals surface area (Å²) in [5, 5.41) is 2.17. The van der Waals surface area contributed by atoms with Gasteiger partial charge in [-0.05, 0) is 17.7 Å². The SMILES string of the molecule is CN(C)c1cc(-n2c3[c-]c(Oc4[c-]c(-n5[c](=[Pt])n(-c6c(-c7ccccc7)cccc6-c6ccccc6)c6ccccc65)ccc4)ccc3c3ccccc32)ncc1-c1ccncc1. The van der Waals surface area contributed by atoms with Gasteiger partial charge in [-0.25, -0.2) is 0 Å². The molecule has 0 amide bonds. The Bertz CT molecular complexity index is 3480. The van der Waals surface area contributed by atoms with Crippen LogP contribution in [0, 0.1) is 15.9 Å². The van der Waals surface area contributed by atoms with E-state index >= 15 is 0 Å². The van der Waals surface area contributed by atoms with Crippen molar-refractivity contribution in [3.8, 4) is 62.1 Å². The molecule has 8 heteroatoms. The Morgan fingerprint density at radius 2 is 1.13 bits per heavy atom. The number of hydrogen-bond acceptors (Lipinski definition) is 4. The molecule has 0 aliphatic heterocycles. The van der Waals surface area contributed by atoms with Crippen molar-refractivity contribution in [3.05, 3.63) is 210 Å². The van der Waals surface area contributed by atoms with Crippen molar-refractivity contribution >= 4 is 38.5 Å². The number of ether oxygens (including phenoxy) is 1. The number of anilines is 1. The number of rotatable bonds is 9. The molecule has 0 unspecified atom stereocenters. The molecule has 0 atom stereocenters. The molecule has 0 saturated heterocycles. The van der Waals surface area contributed by atoms with Crippen molar-refractivity contribution in [3.63, 3.8) is 0 Å². The normalized spacial score (nSPS) is 11.4. The summed E-state index contributed by atoms with van der Waals surface area (Å²) in [7, 11) is 4.11. The first-order valence-electron chi connectivity index (χ1n) is 20.7. The molecule has 11 rings (SSSR count). The Kier molecular flexibility index (Phi) is 9.75. The van der Waals surface area contributed by atoms with Gasteiger partial charge in [0.2, 0.25) is 0 Å². The summed E-state index contributed by atoms with van der Waals surface area (Å²) in [6.45, 7) is 0. The molecule has 4 aromatic heterocycles. The van der Waals surface area contributed by atoms with Gasteiger partial charge in [0.05, 0.1) is 0 Å². The molecule has 306 valence electrons. The molecule has 0 fully saturated rings. The number of fused-ring (bicyclic) bond motifs is 4. The summed E-state index contributed by atoms with van der Waals surface area (Å²) in [5.74, 6) is 1.94. The van der Waals surface area contributed by atoms with E-state index in [4.69, 9.17) is 9.72 Å². The fourth-order valence-electron chi connectivity index (χ4n) is 8.64. The van der Waals surface area contributed by atoms with Gasteiger partial charge in [-0.3, -0.25) is 4.98 Å². The van der Waals surface area contributed by atoms with E-state index in [1.54, 1.807) is 0 Å². The van der Waals surface area contributed by atoms with Crippen LogP contribution in [0.25, 0.3) is 83.4 Å². The molecule has 0 saturated carbocycles. The number of aromatic nitrogens is 5. The zero-order chi connectivity index (χ0) is 42.4. The van der Waals surface area contributed by atoms with Gasteiger partial charge < -0.3 is 4.90 Å². The van der Waals surface area contributed by atoms with Crippen LogP contribution in [0.4, 0.5) is 5.69 Å². The summed E-state index contributed by atoms with van der Waals surface area (Å²) in [6, 6.07) is 68.4. The summed E-state index contributed by atoms with van der Waals surface area (Å²) in [5.41, 5.74) is 13.7. The first-order valence-corrected chi connectivity index (χ1v) is 21.8. The number of nitrogens with zero attached hydrogens (tertiary/aromatic N) is 6. The van der Waals surface area contributed by atoms with Crippen LogP contribution in [0.2, 0.25) is 0 Å². The number of benzene rings is 7. The van der Waals surface area contributed by atoms with Crippen molar-refractivity contribution < 1.29 is 24.1 Å². The van der Waals surface area contributed by atoms with E-state index < -0.39 is 0 Å². The fourth-order valence-corrected chi connectivity index (χ4v) is 9.71. The van der Waals surface area contributed by atoms with Gasteiger partial charge in [0.1, 0.15) is 0 Å². The van der Waals surface area contributed by atoms with E-state index in [9.17, 15) is 0 Å². The van der Waals surface area contributed by atoms with Gasteiger partial charge in [0.15, 0.2) is 0 Å². The number of pyridine rings is 2. The second-order valence-corrected chi connectivity index (χ2v) is 16.5. The van der Waals surface area contributed by atoms with Gasteiger partial charge in [0, 0.05) is 43.9 Å². The monoisotopic (exact) mass is 993 g/mol. The summed E-state index contributed by atoms with van der Waals surface area (Å²) in [6.07, 6.45) is 5.57. The van der Waals surface area contributed by atoms with Crippen molar-refractivity contribution in [2.24, 2.45) is 0 Å². The maximum absolute atomic E-state index is 6.69. The van der Waals surface area contributed by atoms with Gasteiger partial charge in [-0.15, -0.1) is 0 Å². The molecule has 4 heterocycles. The third kappa shape index (κ3) is 6.78. The fraction of sp³-hybridized carbons (Fsp3) is 0.0364. The van der Waals surface area contributed by atoms with E-state index in [0.29, 0.717) is 11.5 Å². The van der Waals surface area contributed by atoms with Crippen molar-refractivity contribution in [2.45, 2.75) is 0 Å². The minimum absolute atomic E-state index is 0.577. The first-order chi connectivity index (χ1) is 31.0. The Labute approximate surface area is 375 Å². The molecule has 0 aliphatic rings. The molecule has 0 N–H and O–H groups in total. The summed E-state index contributed by atoms with van der Waals surface area (Å²) < 4.78 is 14.5. The van der Waals surface area contributed by atoms with E-state index in [2.05, 4.69) is 215 Å². The molecule has 0 bridgehead atoms. The third-order valence-electron chi connectivity index (χ3n) is 11.5. The van der Waals surface area contributed by atoms with Crippen LogP contribution in [0.3, 0.4) is 0 Å². The first kappa shape index (κ1) is 38.3. The Hall–Kier alpha value is -7.60. The Morgan fingerprint density at radius 1 is 0.524 bits per heavy atom. The van der Waals surface area contributed by atoms with Crippen LogP contribution in [0.15, 0.2) is 195 Å². The molecule has 11 aromatic rings. The van der Waals surface area contributed by atoms with Crippen LogP contribution in [-0.4, -0.2) is 37.8 Å². The van der Waals surface area contributed by atoms with Crippen LogP contribution in [0.5, 0.6) is 11.5 Å². The van der Waals surface area contributed by atoms with Gasteiger partial charge in [-0.1, -0.05) is 12.1 Å². The smallest absolute Gasteiger partial charge is 0.265 e. The number of para-hydroxylation sites is 4. The quantitative estimate of drug-likeness (QED) is 0.135. The van der Waals surface area contributed by atoms with Crippen LogP contribution in [0.1, 0.15) is 0 Å². The van der Waals surface area contributed by atoms with E-state index in [1.807, 2.05) is 48.9 Å². The Morgan fingerprint density at radius 3 is 1.83 bits per heavy atom. The van der Waals surface area contributed by atoms with Gasteiger partial charge in [0.25, 0.3) is 0 Å². The molecule has 7 nitrogen and oxygen atoms in total. The van der Waals surface area contributed by atoms with Gasteiger partial charge >= 0.3 is 294 Å². The standard InChI is InChI=1S/C55H38N6O.Pt/c1-58(2)52-35-54(57-36-48(52)40-29-31-56-32-30-40)61-49-24-10-9-21-46(49)47-28-27-43(34-53(47)61)62-42-20-13-19-41(33-42)59-37-60(51-26-12-11-25-50(51)59)55-44(38-15-5-3-6-16-38)22-14-23-45(55)39-17-7-4-8-18-39;/h3-32,35-36H,1-2H3;/q-2;. The molecular weight excluding hydrogens is 956 g/mol. The average molecular weight is 994 g/mol. The minimum Gasteiger partial charge on any atom is -0.265 e. The Balaban J connectivity index is 1.03. The molecule has 63 heavy (non-hydrogen) atoms. The molecule has 0 aliphatic carbocycles. The minimum atomic E-state index is 0.577. The average Bonchev–Trinajstić information content (AvgIpc) is 3.82. The topological polar surface area (TPSA) is 53.0 Å². The van der Waals surface area contributed by atoms with Crippen molar-refractivity contribution in [1.29, 1.82) is 0 Å². The van der Waals surface area contributed by atoms with Crippen molar-refractivity contribution in [1.82, 2.24) is 23.7 Å². The number of hydrogen-bond donors (Lipinski definition) is 0. The number of imidazole rings is 1. The third-order valence-corrected chi connectivity index (χ3v) is 12.5. The van der Waals surface area contributed by atoms with Crippen molar-refractivity contribution in [2.75, 3.05) is 19.0 Å². The predicted octanol–water partition coefficient (Wildman–Crippen LogP) is 12.8. The zero-order valence-electron chi connectivity index (χ0n) is 34.4. The van der Waals surface area contributed by atoms with E-state index in [1.165, 1.54) is 0 Å². The second kappa shape index (κ2) is 16.0.